The van der Waals surface area contributed by atoms with Gasteiger partial charge in [-0.3, -0.25) is 0 Å². The zero-order valence-electron chi connectivity index (χ0n) is 15.9. The molecular formula is C22H22O5S. The lowest BCUT2D eigenvalue weighted by atomic mass is 9.87. The van der Waals surface area contributed by atoms with E-state index < -0.39 is 5.63 Å². The fraction of sp³-hybridized carbons (Fsp3) is 0.364. The minimum absolute atomic E-state index is 0.0212. The Kier molecular flexibility index (Phi) is 5.22. The van der Waals surface area contributed by atoms with E-state index in [1.54, 1.807) is 25.3 Å². The van der Waals surface area contributed by atoms with Gasteiger partial charge in [-0.15, -0.1) is 11.3 Å². The zero-order valence-corrected chi connectivity index (χ0v) is 16.8. The third-order valence-electron chi connectivity index (χ3n) is 5.36. The molecular weight excluding hydrogens is 376 g/mol. The predicted octanol–water partition coefficient (Wildman–Crippen LogP) is 4.74. The molecule has 2 heterocycles. The maximum absolute atomic E-state index is 12.6. The molecule has 146 valence electrons. The van der Waals surface area contributed by atoms with E-state index in [1.807, 2.05) is 6.07 Å². The van der Waals surface area contributed by atoms with Gasteiger partial charge in [-0.1, -0.05) is 13.3 Å². The Hall–Kier alpha value is -2.60. The van der Waals surface area contributed by atoms with Crippen LogP contribution in [0.2, 0.25) is 0 Å². The fourth-order valence-corrected chi connectivity index (χ4v) is 4.82. The number of hydrogen-bond donors (Lipinski definition) is 0. The van der Waals surface area contributed by atoms with Crippen LogP contribution in [0.4, 0.5) is 0 Å². The minimum Gasteiger partial charge on any atom is -0.497 e. The van der Waals surface area contributed by atoms with Crippen LogP contribution in [0.25, 0.3) is 11.0 Å². The van der Waals surface area contributed by atoms with Crippen molar-refractivity contribution in [3.63, 3.8) is 0 Å². The lowest BCUT2D eigenvalue weighted by Crippen LogP contribution is -2.10. The maximum atomic E-state index is 12.6. The van der Waals surface area contributed by atoms with Gasteiger partial charge in [-0.25, -0.2) is 9.59 Å². The third kappa shape index (κ3) is 3.69. The monoisotopic (exact) mass is 398 g/mol. The highest BCUT2D eigenvalue weighted by molar-refractivity contribution is 7.14. The largest absolute Gasteiger partial charge is 0.497 e. The summed E-state index contributed by atoms with van der Waals surface area (Å²) in [6.07, 6.45) is 4.44. The first-order valence-corrected chi connectivity index (χ1v) is 10.3. The molecule has 0 fully saturated rings. The second-order valence-electron chi connectivity index (χ2n) is 7.11. The summed E-state index contributed by atoms with van der Waals surface area (Å²) in [4.78, 5) is 26.4. The van der Waals surface area contributed by atoms with E-state index in [9.17, 15) is 9.59 Å². The molecule has 0 aliphatic heterocycles. The van der Waals surface area contributed by atoms with E-state index in [1.165, 1.54) is 40.7 Å². The molecule has 5 nitrogen and oxygen atoms in total. The topological polar surface area (TPSA) is 65.7 Å². The second kappa shape index (κ2) is 7.80. The van der Waals surface area contributed by atoms with Crippen LogP contribution in [-0.2, 0) is 24.2 Å². The Morgan fingerprint density at radius 2 is 2.14 bits per heavy atom. The molecule has 0 saturated heterocycles. The average molecular weight is 398 g/mol. The van der Waals surface area contributed by atoms with Crippen LogP contribution in [-0.4, -0.2) is 13.1 Å². The van der Waals surface area contributed by atoms with Gasteiger partial charge < -0.3 is 13.9 Å². The highest BCUT2D eigenvalue weighted by atomic mass is 32.1. The second-order valence-corrected chi connectivity index (χ2v) is 8.24. The minimum atomic E-state index is -0.482. The van der Waals surface area contributed by atoms with E-state index in [-0.39, 0.29) is 12.6 Å². The molecule has 1 atom stereocenters. The molecule has 4 rings (SSSR count). The number of esters is 1. The highest BCUT2D eigenvalue weighted by Crippen LogP contribution is 2.34. The van der Waals surface area contributed by atoms with Crippen LogP contribution in [0, 0.1) is 5.92 Å². The summed E-state index contributed by atoms with van der Waals surface area (Å²) < 4.78 is 15.9. The first-order chi connectivity index (χ1) is 13.6. The van der Waals surface area contributed by atoms with Gasteiger partial charge in [-0.05, 0) is 48.9 Å². The standard InChI is InChI=1S/C22H22O5S/c1-3-13-4-7-19-14(8-13)9-20(28-19)22(24)26-12-15-10-21(23)27-18-11-16(25-2)5-6-17(15)18/h5-6,9-11,13H,3-4,7-8,12H2,1-2H3/t13-/m0/s1. The number of ether oxygens (including phenoxy) is 2. The van der Waals surface area contributed by atoms with E-state index in [4.69, 9.17) is 13.9 Å². The molecule has 0 saturated carbocycles. The third-order valence-corrected chi connectivity index (χ3v) is 6.58. The summed E-state index contributed by atoms with van der Waals surface area (Å²) in [5, 5.41) is 0.726. The molecule has 1 aromatic carbocycles. The summed E-state index contributed by atoms with van der Waals surface area (Å²) in [5.74, 6) is 0.958. The molecule has 1 aliphatic carbocycles. The molecule has 0 radical (unpaired) electrons. The van der Waals surface area contributed by atoms with Crippen molar-refractivity contribution in [2.24, 2.45) is 5.92 Å². The molecule has 0 bridgehead atoms. The van der Waals surface area contributed by atoms with Crippen molar-refractivity contribution in [3.8, 4) is 5.75 Å². The first kappa shape index (κ1) is 18.7. The van der Waals surface area contributed by atoms with E-state index in [0.717, 1.165) is 18.2 Å². The van der Waals surface area contributed by atoms with Crippen LogP contribution < -0.4 is 10.4 Å². The summed E-state index contributed by atoms with van der Waals surface area (Å²) >= 11 is 1.53. The number of aryl methyl sites for hydroxylation is 1. The number of carbonyl (C=O) groups is 1. The van der Waals surface area contributed by atoms with E-state index in [2.05, 4.69) is 6.92 Å². The van der Waals surface area contributed by atoms with Crippen molar-refractivity contribution >= 4 is 28.3 Å². The molecule has 1 aliphatic rings. The smallest absolute Gasteiger partial charge is 0.348 e. The predicted molar refractivity (Wildman–Crippen MR) is 108 cm³/mol. The Morgan fingerprint density at radius 1 is 1.29 bits per heavy atom. The van der Waals surface area contributed by atoms with Crippen LogP contribution in [0.3, 0.4) is 0 Å². The van der Waals surface area contributed by atoms with Gasteiger partial charge in [0.1, 0.15) is 22.8 Å². The van der Waals surface area contributed by atoms with Crippen molar-refractivity contribution in [1.29, 1.82) is 0 Å². The Balaban J connectivity index is 1.53. The summed E-state index contributed by atoms with van der Waals surface area (Å²) in [6.45, 7) is 2.24. The normalized spacial score (nSPS) is 16.0. The van der Waals surface area contributed by atoms with Crippen molar-refractivity contribution in [1.82, 2.24) is 0 Å². The maximum Gasteiger partial charge on any atom is 0.348 e. The lowest BCUT2D eigenvalue weighted by Gasteiger charge is -2.19. The molecule has 0 amide bonds. The van der Waals surface area contributed by atoms with Crippen LogP contribution in [0.5, 0.6) is 5.75 Å². The average Bonchev–Trinajstić information content (AvgIpc) is 3.14. The van der Waals surface area contributed by atoms with Crippen molar-refractivity contribution in [2.75, 3.05) is 7.11 Å². The van der Waals surface area contributed by atoms with Crippen molar-refractivity contribution < 1.29 is 18.7 Å². The van der Waals surface area contributed by atoms with Gasteiger partial charge in [0.25, 0.3) is 0 Å². The van der Waals surface area contributed by atoms with Crippen molar-refractivity contribution in [2.45, 2.75) is 39.2 Å². The Labute approximate surface area is 166 Å². The van der Waals surface area contributed by atoms with Crippen LogP contribution in [0.1, 0.15) is 45.4 Å². The van der Waals surface area contributed by atoms with Crippen LogP contribution >= 0.6 is 11.3 Å². The summed E-state index contributed by atoms with van der Waals surface area (Å²) in [7, 11) is 1.55. The number of methoxy groups -OCH3 is 1. The Bertz CT molecular complexity index is 1080. The summed E-state index contributed by atoms with van der Waals surface area (Å²) in [6, 6.07) is 8.58. The van der Waals surface area contributed by atoms with Gasteiger partial charge in [0.05, 0.1) is 7.11 Å². The molecule has 0 N–H and O–H groups in total. The number of fused-ring (bicyclic) bond motifs is 2. The number of benzene rings is 1. The Morgan fingerprint density at radius 3 is 2.93 bits per heavy atom. The first-order valence-electron chi connectivity index (χ1n) is 9.47. The van der Waals surface area contributed by atoms with Gasteiger partial charge >= 0.3 is 11.6 Å². The number of carbonyl (C=O) groups excluding carboxylic acids is 1. The van der Waals surface area contributed by atoms with Gasteiger partial charge in [0.2, 0.25) is 0 Å². The summed E-state index contributed by atoms with van der Waals surface area (Å²) in [5.41, 5.74) is 1.83. The van der Waals surface area contributed by atoms with Gasteiger partial charge in [0.15, 0.2) is 0 Å². The van der Waals surface area contributed by atoms with E-state index in [0.29, 0.717) is 27.7 Å². The van der Waals surface area contributed by atoms with E-state index >= 15 is 0 Å². The number of rotatable bonds is 5. The van der Waals surface area contributed by atoms with Crippen molar-refractivity contribution in [3.05, 3.63) is 61.6 Å². The molecule has 3 aromatic rings. The zero-order chi connectivity index (χ0) is 19.7. The molecule has 6 heteroatoms. The lowest BCUT2D eigenvalue weighted by molar-refractivity contribution is 0.0479. The quantitative estimate of drug-likeness (QED) is 0.459. The number of hydrogen-bond acceptors (Lipinski definition) is 6. The number of thiophene rings is 1. The molecule has 0 unspecified atom stereocenters. The SMILES string of the molecule is CC[C@H]1CCc2sc(C(=O)OCc3cc(=O)oc4cc(OC)ccc34)cc2C1. The fourth-order valence-electron chi connectivity index (χ4n) is 3.72. The molecule has 2 aromatic heterocycles. The molecule has 28 heavy (non-hydrogen) atoms. The van der Waals surface area contributed by atoms with Gasteiger partial charge in [-0.2, -0.15) is 0 Å². The molecule has 0 spiro atoms. The van der Waals surface area contributed by atoms with Gasteiger partial charge in [0, 0.05) is 28.0 Å². The van der Waals surface area contributed by atoms with Crippen LogP contribution in [0.15, 0.2) is 39.5 Å². The highest BCUT2D eigenvalue weighted by Gasteiger charge is 2.22.